The van der Waals surface area contributed by atoms with Crippen LogP contribution >= 0.6 is 0 Å². The van der Waals surface area contributed by atoms with Crippen LogP contribution in [0, 0.1) is 5.92 Å². The average Bonchev–Trinajstić information content (AvgIpc) is 2.32. The van der Waals surface area contributed by atoms with E-state index in [-0.39, 0.29) is 11.9 Å². The zero-order valence-electron chi connectivity index (χ0n) is 13.0. The topological polar surface area (TPSA) is 41.1 Å². The first-order valence-corrected chi connectivity index (χ1v) is 7.47. The van der Waals surface area contributed by atoms with E-state index in [1.807, 2.05) is 6.92 Å². The lowest BCUT2D eigenvalue weighted by Gasteiger charge is -2.22. The Balaban J connectivity index is 3.99. The van der Waals surface area contributed by atoms with Gasteiger partial charge in [-0.15, -0.1) is 0 Å². The minimum atomic E-state index is -0.104. The van der Waals surface area contributed by atoms with Gasteiger partial charge in [0.1, 0.15) is 0 Å². The molecule has 0 spiro atoms. The van der Waals surface area contributed by atoms with E-state index in [0.29, 0.717) is 12.1 Å². The molecule has 0 aromatic rings. The van der Waals surface area contributed by atoms with Gasteiger partial charge in [-0.2, -0.15) is 0 Å². The van der Waals surface area contributed by atoms with Crippen molar-refractivity contribution >= 4 is 5.91 Å². The van der Waals surface area contributed by atoms with Gasteiger partial charge in [-0.3, -0.25) is 4.79 Å². The first kappa shape index (κ1) is 17.4. The molecule has 0 rings (SSSR count). The van der Waals surface area contributed by atoms with Crippen LogP contribution in [-0.2, 0) is 4.79 Å². The molecular formula is C15H32N2O. The van der Waals surface area contributed by atoms with Crippen LogP contribution < -0.4 is 10.6 Å². The van der Waals surface area contributed by atoms with Gasteiger partial charge >= 0.3 is 0 Å². The fourth-order valence-corrected chi connectivity index (χ4v) is 1.99. The summed E-state index contributed by atoms with van der Waals surface area (Å²) in [5, 5.41) is 6.46. The third-order valence-corrected chi connectivity index (χ3v) is 3.44. The summed E-state index contributed by atoms with van der Waals surface area (Å²) in [7, 11) is 0. The predicted octanol–water partition coefficient (Wildman–Crippen LogP) is 3.09. The maximum absolute atomic E-state index is 12.0. The van der Waals surface area contributed by atoms with E-state index in [2.05, 4.69) is 45.3 Å². The van der Waals surface area contributed by atoms with Crippen molar-refractivity contribution in [1.82, 2.24) is 10.6 Å². The first-order valence-electron chi connectivity index (χ1n) is 7.47. The second-order valence-corrected chi connectivity index (χ2v) is 5.78. The zero-order chi connectivity index (χ0) is 14.1. The van der Waals surface area contributed by atoms with Gasteiger partial charge in [0.15, 0.2) is 0 Å². The Kier molecular flexibility index (Phi) is 9.08. The minimum Gasteiger partial charge on any atom is -0.352 e. The zero-order valence-corrected chi connectivity index (χ0v) is 13.0. The van der Waals surface area contributed by atoms with Crippen molar-refractivity contribution in [1.29, 1.82) is 0 Å². The van der Waals surface area contributed by atoms with Crippen LogP contribution in [0.2, 0.25) is 0 Å². The van der Waals surface area contributed by atoms with E-state index in [9.17, 15) is 4.79 Å². The summed E-state index contributed by atoms with van der Waals surface area (Å²) in [5.74, 6) is 0.850. The number of carbonyl (C=O) groups is 1. The van der Waals surface area contributed by atoms with Crippen molar-refractivity contribution < 1.29 is 4.79 Å². The van der Waals surface area contributed by atoms with Gasteiger partial charge in [0.2, 0.25) is 5.91 Å². The Hall–Kier alpha value is -0.570. The average molecular weight is 256 g/mol. The van der Waals surface area contributed by atoms with E-state index in [1.165, 1.54) is 6.42 Å². The van der Waals surface area contributed by atoms with Crippen molar-refractivity contribution in [2.24, 2.45) is 5.92 Å². The minimum absolute atomic E-state index is 0.104. The van der Waals surface area contributed by atoms with Gasteiger partial charge in [-0.05, 0) is 45.4 Å². The molecule has 0 aliphatic carbocycles. The molecule has 0 aromatic carbocycles. The van der Waals surface area contributed by atoms with E-state index >= 15 is 0 Å². The SMILES string of the molecule is CCC(CC)NC(=O)C(C)NC(C)CCC(C)C. The standard InChI is InChI=1S/C15H32N2O/c1-7-14(8-2)17-15(18)13(6)16-12(5)10-9-11(3)4/h11-14,16H,7-10H2,1-6H3,(H,17,18). The molecule has 0 radical (unpaired) electrons. The van der Waals surface area contributed by atoms with E-state index in [1.54, 1.807) is 0 Å². The highest BCUT2D eigenvalue weighted by molar-refractivity contribution is 5.81. The molecular weight excluding hydrogens is 224 g/mol. The fourth-order valence-electron chi connectivity index (χ4n) is 1.99. The highest BCUT2D eigenvalue weighted by atomic mass is 16.2. The molecule has 0 bridgehead atoms. The molecule has 18 heavy (non-hydrogen) atoms. The Morgan fingerprint density at radius 1 is 1.00 bits per heavy atom. The monoisotopic (exact) mass is 256 g/mol. The maximum atomic E-state index is 12.0. The number of nitrogens with one attached hydrogen (secondary N) is 2. The van der Waals surface area contributed by atoms with Crippen LogP contribution in [0.15, 0.2) is 0 Å². The largest absolute Gasteiger partial charge is 0.352 e. The van der Waals surface area contributed by atoms with Crippen LogP contribution in [0.3, 0.4) is 0 Å². The normalized spacial score (nSPS) is 14.9. The number of hydrogen-bond donors (Lipinski definition) is 2. The predicted molar refractivity (Wildman–Crippen MR) is 78.6 cm³/mol. The van der Waals surface area contributed by atoms with Crippen LogP contribution in [0.25, 0.3) is 0 Å². The summed E-state index contributed by atoms with van der Waals surface area (Å²) in [6.45, 7) is 12.8. The number of rotatable bonds is 9. The molecule has 3 heteroatoms. The van der Waals surface area contributed by atoms with Gasteiger partial charge in [0, 0.05) is 12.1 Å². The van der Waals surface area contributed by atoms with Crippen LogP contribution in [0.5, 0.6) is 0 Å². The van der Waals surface area contributed by atoms with Crippen molar-refractivity contribution in [3.05, 3.63) is 0 Å². The molecule has 0 aliphatic rings. The second kappa shape index (κ2) is 9.37. The Bertz CT molecular complexity index is 225. The molecule has 0 aromatic heterocycles. The number of hydrogen-bond acceptors (Lipinski definition) is 2. The second-order valence-electron chi connectivity index (χ2n) is 5.78. The van der Waals surface area contributed by atoms with E-state index in [0.717, 1.165) is 25.2 Å². The van der Waals surface area contributed by atoms with Crippen LogP contribution in [-0.4, -0.2) is 24.0 Å². The van der Waals surface area contributed by atoms with Crippen molar-refractivity contribution in [2.45, 2.75) is 85.4 Å². The summed E-state index contributed by atoms with van der Waals surface area (Å²) >= 11 is 0. The molecule has 2 atom stereocenters. The highest BCUT2D eigenvalue weighted by Gasteiger charge is 2.17. The first-order chi connectivity index (χ1) is 8.40. The molecule has 108 valence electrons. The summed E-state index contributed by atoms with van der Waals surface area (Å²) in [4.78, 5) is 12.0. The van der Waals surface area contributed by atoms with Gasteiger partial charge in [-0.25, -0.2) is 0 Å². The molecule has 0 saturated carbocycles. The quantitative estimate of drug-likeness (QED) is 0.665. The molecule has 0 saturated heterocycles. The maximum Gasteiger partial charge on any atom is 0.237 e. The Morgan fingerprint density at radius 3 is 2.00 bits per heavy atom. The third kappa shape index (κ3) is 7.70. The van der Waals surface area contributed by atoms with Gasteiger partial charge < -0.3 is 10.6 Å². The van der Waals surface area contributed by atoms with Gasteiger partial charge in [0.25, 0.3) is 0 Å². The summed E-state index contributed by atoms with van der Waals surface area (Å²) < 4.78 is 0. The molecule has 0 aliphatic heterocycles. The van der Waals surface area contributed by atoms with E-state index < -0.39 is 0 Å². The van der Waals surface area contributed by atoms with Crippen LogP contribution in [0.4, 0.5) is 0 Å². The van der Waals surface area contributed by atoms with Gasteiger partial charge in [0.05, 0.1) is 6.04 Å². The lowest BCUT2D eigenvalue weighted by Crippen LogP contribution is -2.48. The molecule has 3 nitrogen and oxygen atoms in total. The summed E-state index contributed by atoms with van der Waals surface area (Å²) in [6, 6.07) is 0.607. The summed E-state index contributed by atoms with van der Waals surface area (Å²) in [5.41, 5.74) is 0. The number of amides is 1. The van der Waals surface area contributed by atoms with Crippen molar-refractivity contribution in [3.63, 3.8) is 0 Å². The van der Waals surface area contributed by atoms with Crippen LogP contribution in [0.1, 0.15) is 67.2 Å². The lowest BCUT2D eigenvalue weighted by atomic mass is 10.0. The Labute approximate surface area is 113 Å². The van der Waals surface area contributed by atoms with Crippen molar-refractivity contribution in [3.8, 4) is 0 Å². The molecule has 2 N–H and O–H groups in total. The van der Waals surface area contributed by atoms with Gasteiger partial charge in [-0.1, -0.05) is 27.7 Å². The smallest absolute Gasteiger partial charge is 0.237 e. The molecule has 0 fully saturated rings. The summed E-state index contributed by atoms with van der Waals surface area (Å²) in [6.07, 6.45) is 4.32. The molecule has 1 amide bonds. The fraction of sp³-hybridized carbons (Fsp3) is 0.933. The Morgan fingerprint density at radius 2 is 1.56 bits per heavy atom. The third-order valence-electron chi connectivity index (χ3n) is 3.44. The molecule has 2 unspecified atom stereocenters. The van der Waals surface area contributed by atoms with Crippen molar-refractivity contribution in [2.75, 3.05) is 0 Å². The number of carbonyl (C=O) groups excluding carboxylic acids is 1. The lowest BCUT2D eigenvalue weighted by molar-refractivity contribution is -0.123. The van der Waals surface area contributed by atoms with E-state index in [4.69, 9.17) is 0 Å². The highest BCUT2D eigenvalue weighted by Crippen LogP contribution is 2.07. The molecule has 0 heterocycles.